The lowest BCUT2D eigenvalue weighted by Gasteiger charge is -2.64. The summed E-state index contributed by atoms with van der Waals surface area (Å²) in [5.41, 5.74) is -0.700. The summed E-state index contributed by atoms with van der Waals surface area (Å²) in [7, 11) is 0. The lowest BCUT2D eigenvalue weighted by molar-refractivity contribution is -0.258. The van der Waals surface area contributed by atoms with Gasteiger partial charge in [0.15, 0.2) is 6.10 Å². The van der Waals surface area contributed by atoms with Crippen molar-refractivity contribution >= 4 is 23.7 Å². The normalized spacial score (nSPS) is 46.4. The van der Waals surface area contributed by atoms with Crippen LogP contribution >= 0.6 is 0 Å². The molecule has 184 valence electrons. The largest absolute Gasteiger partial charge is 0.458 e. The minimum Gasteiger partial charge on any atom is -0.458 e. The smallest absolute Gasteiger partial charge is 0.303 e. The summed E-state index contributed by atoms with van der Waals surface area (Å²) in [5.74, 6) is 0.0394. The monoisotopic (exact) mass is 462 g/mol. The van der Waals surface area contributed by atoms with Crippen molar-refractivity contribution in [1.29, 1.82) is 0 Å². The van der Waals surface area contributed by atoms with Gasteiger partial charge in [-0.15, -0.1) is 0 Å². The van der Waals surface area contributed by atoms with Crippen LogP contribution in [-0.2, 0) is 33.4 Å². The van der Waals surface area contributed by atoms with Gasteiger partial charge in [0.2, 0.25) is 0 Å². The number of ketones is 1. The Kier molecular flexibility index (Phi) is 6.15. The van der Waals surface area contributed by atoms with Crippen LogP contribution in [-0.4, -0.2) is 42.0 Å². The second-order valence-corrected chi connectivity index (χ2v) is 11.4. The van der Waals surface area contributed by atoms with Crippen molar-refractivity contribution in [2.75, 3.05) is 0 Å². The van der Waals surface area contributed by atoms with Crippen molar-refractivity contribution in [2.24, 2.45) is 40.4 Å². The highest BCUT2D eigenvalue weighted by Crippen LogP contribution is 2.67. The van der Waals surface area contributed by atoms with Gasteiger partial charge in [-0.3, -0.25) is 19.2 Å². The molecule has 0 aromatic carbocycles. The summed E-state index contributed by atoms with van der Waals surface area (Å²) in [5, 5.41) is 0. The minimum atomic E-state index is -0.858. The highest BCUT2D eigenvalue weighted by atomic mass is 16.6. The molecule has 4 fully saturated rings. The molecule has 10 atom stereocenters. The molecule has 10 unspecified atom stereocenters. The SMILES string of the molecule is CC(=O)OC1C(C)C2CCC3C4CCC(=O)C4(C)CCC3C2(C)C(OC(C)=O)C1OC(C)=O. The van der Waals surface area contributed by atoms with Gasteiger partial charge in [-0.25, -0.2) is 0 Å². The number of hydrogen-bond acceptors (Lipinski definition) is 7. The highest BCUT2D eigenvalue weighted by molar-refractivity contribution is 5.87. The Morgan fingerprint density at radius 1 is 0.788 bits per heavy atom. The van der Waals surface area contributed by atoms with Crippen LogP contribution in [0.25, 0.3) is 0 Å². The summed E-state index contributed by atoms with van der Waals surface area (Å²) in [4.78, 5) is 49.2. The predicted molar refractivity (Wildman–Crippen MR) is 119 cm³/mol. The van der Waals surface area contributed by atoms with Crippen molar-refractivity contribution in [3.8, 4) is 0 Å². The van der Waals surface area contributed by atoms with Crippen molar-refractivity contribution < 1.29 is 33.4 Å². The quantitative estimate of drug-likeness (QED) is 0.464. The molecule has 0 aromatic rings. The molecular weight excluding hydrogens is 424 g/mol. The van der Waals surface area contributed by atoms with E-state index in [-0.39, 0.29) is 23.2 Å². The fourth-order valence-electron chi connectivity index (χ4n) is 8.56. The van der Waals surface area contributed by atoms with E-state index in [1.807, 2.05) is 0 Å². The summed E-state index contributed by atoms with van der Waals surface area (Å²) in [6.07, 6.45) is 2.98. The molecule has 0 N–H and O–H groups in total. The van der Waals surface area contributed by atoms with Crippen LogP contribution in [0.2, 0.25) is 0 Å². The minimum absolute atomic E-state index is 0.0606. The van der Waals surface area contributed by atoms with E-state index in [4.69, 9.17) is 14.2 Å². The molecule has 0 spiro atoms. The number of ether oxygens (including phenoxy) is 3. The van der Waals surface area contributed by atoms with Gasteiger partial charge >= 0.3 is 17.9 Å². The third-order valence-electron chi connectivity index (χ3n) is 9.84. The van der Waals surface area contributed by atoms with Gasteiger partial charge in [0.05, 0.1) is 0 Å². The number of fused-ring (bicyclic) bond motifs is 5. The third kappa shape index (κ3) is 3.70. The van der Waals surface area contributed by atoms with Gasteiger partial charge in [0.25, 0.3) is 0 Å². The van der Waals surface area contributed by atoms with E-state index >= 15 is 0 Å². The summed E-state index contributed by atoms with van der Waals surface area (Å²) in [6, 6.07) is 0. The molecule has 4 aliphatic carbocycles. The fourth-order valence-corrected chi connectivity index (χ4v) is 8.56. The van der Waals surface area contributed by atoms with Crippen molar-refractivity contribution in [2.45, 2.75) is 98.4 Å². The first-order valence-corrected chi connectivity index (χ1v) is 12.5. The number of rotatable bonds is 3. The first-order chi connectivity index (χ1) is 15.4. The van der Waals surface area contributed by atoms with Crippen LogP contribution in [0.15, 0.2) is 0 Å². The molecule has 33 heavy (non-hydrogen) atoms. The number of carbonyl (C=O) groups is 4. The van der Waals surface area contributed by atoms with Crippen LogP contribution in [0.4, 0.5) is 0 Å². The first-order valence-electron chi connectivity index (χ1n) is 12.5. The van der Waals surface area contributed by atoms with E-state index in [1.54, 1.807) is 0 Å². The molecule has 4 rings (SSSR count). The van der Waals surface area contributed by atoms with Crippen LogP contribution < -0.4 is 0 Å². The molecular formula is C26H38O7. The lowest BCUT2D eigenvalue weighted by atomic mass is 9.42. The van der Waals surface area contributed by atoms with Gasteiger partial charge in [-0.1, -0.05) is 20.8 Å². The Hall–Kier alpha value is -1.92. The maximum atomic E-state index is 12.8. The second kappa shape index (κ2) is 8.38. The van der Waals surface area contributed by atoms with Crippen molar-refractivity contribution in [3.05, 3.63) is 0 Å². The zero-order chi connectivity index (χ0) is 24.3. The van der Waals surface area contributed by atoms with Gasteiger partial charge < -0.3 is 14.2 Å². The lowest BCUT2D eigenvalue weighted by Crippen LogP contribution is -2.68. The van der Waals surface area contributed by atoms with Crippen LogP contribution in [0.3, 0.4) is 0 Å². The molecule has 7 nitrogen and oxygen atoms in total. The van der Waals surface area contributed by atoms with Crippen LogP contribution in [0.5, 0.6) is 0 Å². The zero-order valence-corrected chi connectivity index (χ0v) is 20.7. The summed E-state index contributed by atoms with van der Waals surface area (Å²) >= 11 is 0. The Morgan fingerprint density at radius 2 is 1.39 bits per heavy atom. The van der Waals surface area contributed by atoms with Gasteiger partial charge in [0.1, 0.15) is 18.0 Å². The summed E-state index contributed by atoms with van der Waals surface area (Å²) < 4.78 is 17.4. The van der Waals surface area contributed by atoms with E-state index < -0.39 is 41.6 Å². The van der Waals surface area contributed by atoms with Crippen molar-refractivity contribution in [3.63, 3.8) is 0 Å². The zero-order valence-electron chi connectivity index (χ0n) is 20.7. The Morgan fingerprint density at radius 3 is 2.00 bits per heavy atom. The maximum absolute atomic E-state index is 12.8. The third-order valence-corrected chi connectivity index (χ3v) is 9.84. The average Bonchev–Trinajstić information content (AvgIpc) is 3.02. The molecule has 0 saturated heterocycles. The van der Waals surface area contributed by atoms with Crippen LogP contribution in [0.1, 0.15) is 80.1 Å². The van der Waals surface area contributed by atoms with E-state index in [1.165, 1.54) is 20.8 Å². The fraction of sp³-hybridized carbons (Fsp3) is 0.846. The Balaban J connectivity index is 1.78. The topological polar surface area (TPSA) is 96.0 Å². The standard InChI is InChI=1S/C26H38O7/c1-13-18-8-7-17-19-9-10-21(30)25(19,5)12-11-20(17)26(18,6)24(33-16(4)29)23(32-15(3)28)22(13)31-14(2)27/h13,17-20,22-24H,7-12H2,1-6H3. The van der Waals surface area contributed by atoms with E-state index in [9.17, 15) is 19.2 Å². The Labute approximate surface area is 196 Å². The molecule has 0 aliphatic heterocycles. The highest BCUT2D eigenvalue weighted by Gasteiger charge is 2.68. The maximum Gasteiger partial charge on any atom is 0.303 e. The van der Waals surface area contributed by atoms with Crippen molar-refractivity contribution in [1.82, 2.24) is 0 Å². The van der Waals surface area contributed by atoms with Crippen LogP contribution in [0, 0.1) is 40.4 Å². The molecule has 0 bridgehead atoms. The predicted octanol–water partition coefficient (Wildman–Crippen LogP) is 3.86. The van der Waals surface area contributed by atoms with E-state index in [0.717, 1.165) is 32.1 Å². The van der Waals surface area contributed by atoms with Gasteiger partial charge in [-0.2, -0.15) is 0 Å². The number of carbonyl (C=O) groups excluding carboxylic acids is 4. The molecule has 4 saturated carbocycles. The molecule has 0 radical (unpaired) electrons. The van der Waals surface area contributed by atoms with Gasteiger partial charge in [-0.05, 0) is 55.8 Å². The van der Waals surface area contributed by atoms with Gasteiger partial charge in [0, 0.05) is 43.9 Å². The van der Waals surface area contributed by atoms with E-state index in [2.05, 4.69) is 20.8 Å². The molecule has 4 aliphatic rings. The molecule has 7 heteroatoms. The first kappa shape index (κ1) is 24.2. The number of Topliss-reactive ketones (excluding diaryl/α,β-unsaturated/α-hetero) is 1. The van der Waals surface area contributed by atoms with E-state index in [0.29, 0.717) is 24.0 Å². The Bertz CT molecular complexity index is 852. The average molecular weight is 463 g/mol. The number of hydrogen-bond donors (Lipinski definition) is 0. The molecule has 0 amide bonds. The molecule has 0 aromatic heterocycles. The number of esters is 3. The molecule has 0 heterocycles. The second-order valence-electron chi connectivity index (χ2n) is 11.4. The summed E-state index contributed by atoms with van der Waals surface area (Å²) in [6.45, 7) is 10.4.